The van der Waals surface area contributed by atoms with Gasteiger partial charge in [0.05, 0.1) is 0 Å². The molecule has 0 aromatic rings. The highest BCUT2D eigenvalue weighted by Crippen LogP contribution is 2.17. The molecule has 1 saturated heterocycles. The minimum atomic E-state index is -0.106. The second-order valence-electron chi connectivity index (χ2n) is 2.20. The summed E-state index contributed by atoms with van der Waals surface area (Å²) in [5, 5.41) is 3.00. The van der Waals surface area contributed by atoms with Gasteiger partial charge in [0.1, 0.15) is 18.4 Å². The quantitative estimate of drug-likeness (QED) is 0.471. The van der Waals surface area contributed by atoms with Crippen LogP contribution < -0.4 is 5.32 Å². The van der Waals surface area contributed by atoms with Gasteiger partial charge in [-0.05, 0) is 6.08 Å². The number of hydrogen-bond acceptors (Lipinski definition) is 3. The Balaban J connectivity index is 2.29. The van der Waals surface area contributed by atoms with Gasteiger partial charge in [0.2, 0.25) is 0 Å². The van der Waals surface area contributed by atoms with Crippen LogP contribution in [0, 0.1) is 0 Å². The minimum Gasteiger partial charge on any atom is -0.488 e. The molecule has 1 N–H and O–H groups in total. The van der Waals surface area contributed by atoms with Gasteiger partial charge < -0.3 is 4.74 Å². The zero-order valence-electron chi connectivity index (χ0n) is 4.89. The van der Waals surface area contributed by atoms with Gasteiger partial charge in [0.15, 0.2) is 5.78 Å². The highest BCUT2D eigenvalue weighted by molar-refractivity contribution is 5.90. The van der Waals surface area contributed by atoms with Crippen molar-refractivity contribution in [2.24, 2.45) is 0 Å². The molecule has 1 unspecified atom stereocenters. The molecule has 0 radical (unpaired) electrons. The van der Waals surface area contributed by atoms with Gasteiger partial charge in [-0.15, -0.1) is 0 Å². The van der Waals surface area contributed by atoms with Crippen molar-refractivity contribution >= 4 is 5.78 Å². The maximum atomic E-state index is 10.8. The summed E-state index contributed by atoms with van der Waals surface area (Å²) >= 11 is 0. The van der Waals surface area contributed by atoms with Gasteiger partial charge in [-0.2, -0.15) is 0 Å². The van der Waals surface area contributed by atoms with E-state index in [9.17, 15) is 4.79 Å². The van der Waals surface area contributed by atoms with Gasteiger partial charge in [-0.1, -0.05) is 0 Å². The van der Waals surface area contributed by atoms with Gasteiger partial charge in [-0.25, -0.2) is 0 Å². The van der Waals surface area contributed by atoms with E-state index < -0.39 is 0 Å². The van der Waals surface area contributed by atoms with Gasteiger partial charge in [-0.3, -0.25) is 10.1 Å². The topological polar surface area (TPSA) is 38.3 Å². The number of ether oxygens (including phenoxy) is 1. The first kappa shape index (κ1) is 4.99. The van der Waals surface area contributed by atoms with Crippen LogP contribution in [0.25, 0.3) is 0 Å². The van der Waals surface area contributed by atoms with E-state index in [0.29, 0.717) is 0 Å². The zero-order valence-corrected chi connectivity index (χ0v) is 4.89. The lowest BCUT2D eigenvalue weighted by Crippen LogP contribution is -2.29. The maximum absolute atomic E-state index is 10.8. The number of fused-ring (bicyclic) bond motifs is 1. The monoisotopic (exact) mass is 125 g/mol. The van der Waals surface area contributed by atoms with E-state index in [1.54, 1.807) is 0 Å². The van der Waals surface area contributed by atoms with Crippen LogP contribution >= 0.6 is 0 Å². The van der Waals surface area contributed by atoms with Gasteiger partial charge in [0, 0.05) is 6.54 Å². The first-order chi connectivity index (χ1) is 4.38. The molecule has 0 spiro atoms. The van der Waals surface area contributed by atoms with Crippen LogP contribution in [0.15, 0.2) is 11.8 Å². The molecule has 1 fully saturated rings. The molecule has 2 aliphatic heterocycles. The van der Waals surface area contributed by atoms with Crippen molar-refractivity contribution in [3.8, 4) is 0 Å². The van der Waals surface area contributed by atoms with Crippen LogP contribution in [0.4, 0.5) is 0 Å². The van der Waals surface area contributed by atoms with E-state index in [2.05, 4.69) is 5.32 Å². The lowest BCUT2D eigenvalue weighted by Gasteiger charge is -1.97. The van der Waals surface area contributed by atoms with Crippen molar-refractivity contribution in [1.82, 2.24) is 5.32 Å². The standard InChI is InChI=1S/C6H7NO2/c8-4-3-9-5-1-2-7-6(4)5/h1,6-7H,2-3H2. The molecule has 1 atom stereocenters. The van der Waals surface area contributed by atoms with Crippen molar-refractivity contribution in [2.45, 2.75) is 6.04 Å². The Morgan fingerprint density at radius 2 is 2.67 bits per heavy atom. The van der Waals surface area contributed by atoms with Crippen LogP contribution in [-0.2, 0) is 9.53 Å². The number of ketones is 1. The molecule has 0 aromatic carbocycles. The molecule has 0 amide bonds. The van der Waals surface area contributed by atoms with E-state index in [0.717, 1.165) is 12.3 Å². The Kier molecular flexibility index (Phi) is 0.873. The van der Waals surface area contributed by atoms with Crippen molar-refractivity contribution in [3.05, 3.63) is 11.8 Å². The van der Waals surface area contributed by atoms with Crippen LogP contribution in [0.1, 0.15) is 0 Å². The first-order valence-electron chi connectivity index (χ1n) is 2.97. The summed E-state index contributed by atoms with van der Waals surface area (Å²) in [7, 11) is 0. The number of hydrogen-bond donors (Lipinski definition) is 1. The average Bonchev–Trinajstić information content (AvgIpc) is 2.35. The van der Waals surface area contributed by atoms with E-state index in [4.69, 9.17) is 4.74 Å². The number of carbonyl (C=O) groups excluding carboxylic acids is 1. The lowest BCUT2D eigenvalue weighted by molar-refractivity contribution is -0.119. The molecule has 0 bridgehead atoms. The van der Waals surface area contributed by atoms with Crippen LogP contribution in [-0.4, -0.2) is 25.0 Å². The summed E-state index contributed by atoms with van der Waals surface area (Å²) in [6, 6.07) is -0.106. The summed E-state index contributed by atoms with van der Waals surface area (Å²) in [5.74, 6) is 0.971. The third-order valence-electron chi connectivity index (χ3n) is 1.61. The predicted molar refractivity (Wildman–Crippen MR) is 30.8 cm³/mol. The van der Waals surface area contributed by atoms with E-state index in [1.807, 2.05) is 6.08 Å². The van der Waals surface area contributed by atoms with Crippen LogP contribution in [0.3, 0.4) is 0 Å². The molecule has 0 saturated carbocycles. The number of nitrogens with one attached hydrogen (secondary N) is 1. The third-order valence-corrected chi connectivity index (χ3v) is 1.61. The maximum Gasteiger partial charge on any atom is 0.194 e. The third kappa shape index (κ3) is 0.580. The molecule has 3 nitrogen and oxygen atoms in total. The normalized spacial score (nSPS) is 31.8. The van der Waals surface area contributed by atoms with Crippen LogP contribution in [0.5, 0.6) is 0 Å². The zero-order chi connectivity index (χ0) is 6.27. The van der Waals surface area contributed by atoms with Crippen molar-refractivity contribution in [3.63, 3.8) is 0 Å². The van der Waals surface area contributed by atoms with E-state index in [-0.39, 0.29) is 18.4 Å². The highest BCUT2D eigenvalue weighted by atomic mass is 16.5. The first-order valence-corrected chi connectivity index (χ1v) is 2.97. The number of rotatable bonds is 0. The van der Waals surface area contributed by atoms with E-state index >= 15 is 0 Å². The molecule has 9 heavy (non-hydrogen) atoms. The molecule has 0 aliphatic carbocycles. The lowest BCUT2D eigenvalue weighted by atomic mass is 10.2. The van der Waals surface area contributed by atoms with Gasteiger partial charge in [0.25, 0.3) is 0 Å². The predicted octanol–water partition coefficient (Wildman–Crippen LogP) is -0.559. The van der Waals surface area contributed by atoms with Crippen molar-refractivity contribution in [2.75, 3.05) is 13.2 Å². The highest BCUT2D eigenvalue weighted by Gasteiger charge is 2.33. The Morgan fingerprint density at radius 1 is 1.78 bits per heavy atom. The molecule has 2 heterocycles. The second-order valence-corrected chi connectivity index (χ2v) is 2.20. The molecular weight excluding hydrogens is 118 g/mol. The summed E-state index contributed by atoms with van der Waals surface area (Å²) in [6.45, 7) is 1.02. The Bertz CT molecular complexity index is 185. The molecule has 0 aromatic heterocycles. The largest absolute Gasteiger partial charge is 0.488 e. The average molecular weight is 125 g/mol. The summed E-state index contributed by atoms with van der Waals surface area (Å²) in [6.07, 6.45) is 1.91. The second kappa shape index (κ2) is 1.57. The SMILES string of the molecule is O=C1COC2=CCNC12. The van der Waals surface area contributed by atoms with E-state index in [1.165, 1.54) is 0 Å². The number of carbonyl (C=O) groups is 1. The number of Topliss-reactive ketones (excluding diaryl/α,β-unsaturated/α-hetero) is 1. The Hall–Kier alpha value is -0.830. The van der Waals surface area contributed by atoms with Crippen molar-refractivity contribution < 1.29 is 9.53 Å². The fraction of sp³-hybridized carbons (Fsp3) is 0.500. The Morgan fingerprint density at radius 3 is 3.44 bits per heavy atom. The molecule has 3 heteroatoms. The molecular formula is C6H7NO2. The Labute approximate surface area is 52.7 Å². The summed E-state index contributed by atoms with van der Waals surface area (Å²) < 4.78 is 5.04. The molecule has 2 rings (SSSR count). The molecule has 2 aliphatic rings. The molecule has 48 valence electrons. The fourth-order valence-corrected chi connectivity index (χ4v) is 1.15. The fourth-order valence-electron chi connectivity index (χ4n) is 1.15. The van der Waals surface area contributed by atoms with Gasteiger partial charge >= 0.3 is 0 Å². The summed E-state index contributed by atoms with van der Waals surface area (Å²) in [5.41, 5.74) is 0. The van der Waals surface area contributed by atoms with Crippen LogP contribution in [0.2, 0.25) is 0 Å². The summed E-state index contributed by atoms with van der Waals surface area (Å²) in [4.78, 5) is 10.8. The smallest absolute Gasteiger partial charge is 0.194 e. The minimum absolute atomic E-state index is 0.106. The van der Waals surface area contributed by atoms with Crippen molar-refractivity contribution in [1.29, 1.82) is 0 Å².